The molecular formula is C14H13ClN2O2S. The minimum Gasteiger partial charge on any atom is -0.408 e. The van der Waals surface area contributed by atoms with E-state index in [-0.39, 0.29) is 6.04 Å². The fourth-order valence-corrected chi connectivity index (χ4v) is 3.38. The highest BCUT2D eigenvalue weighted by Crippen LogP contribution is 2.31. The number of nitrogens with one attached hydrogen (secondary N) is 2. The predicted octanol–water partition coefficient (Wildman–Crippen LogP) is 3.53. The summed E-state index contributed by atoms with van der Waals surface area (Å²) in [5.74, 6) is -0.434. The van der Waals surface area contributed by atoms with E-state index in [1.807, 2.05) is 30.3 Å². The first kappa shape index (κ1) is 13.4. The number of halogens is 1. The second-order valence-electron chi connectivity index (χ2n) is 4.40. The lowest BCUT2D eigenvalue weighted by Crippen LogP contribution is -2.20. The minimum atomic E-state index is -0.434. The number of rotatable bonds is 4. The number of H-pyrrole nitrogens is 1. The number of thiophene rings is 1. The molecule has 0 aliphatic carbocycles. The van der Waals surface area contributed by atoms with Gasteiger partial charge in [0.1, 0.15) is 0 Å². The number of oxazole rings is 1. The van der Waals surface area contributed by atoms with Gasteiger partial charge in [0, 0.05) is 4.88 Å². The molecule has 0 saturated heterocycles. The lowest BCUT2D eigenvalue weighted by molar-refractivity contribution is 0.554. The van der Waals surface area contributed by atoms with Crippen molar-refractivity contribution in [3.63, 3.8) is 0 Å². The van der Waals surface area contributed by atoms with Crippen LogP contribution in [0.2, 0.25) is 4.34 Å². The third-order valence-electron chi connectivity index (χ3n) is 3.07. The lowest BCUT2D eigenvalue weighted by atomic mass is 10.0. The van der Waals surface area contributed by atoms with Crippen molar-refractivity contribution in [2.24, 2.45) is 0 Å². The first-order valence-electron chi connectivity index (χ1n) is 6.29. The van der Waals surface area contributed by atoms with Crippen LogP contribution in [-0.2, 0) is 0 Å². The fraction of sp³-hybridized carbons (Fsp3) is 0.214. The number of benzene rings is 1. The zero-order chi connectivity index (χ0) is 14.1. The second-order valence-corrected chi connectivity index (χ2v) is 6.15. The molecule has 1 unspecified atom stereocenters. The van der Waals surface area contributed by atoms with E-state index >= 15 is 0 Å². The first-order valence-corrected chi connectivity index (χ1v) is 7.48. The Hall–Kier alpha value is -1.56. The summed E-state index contributed by atoms with van der Waals surface area (Å²) in [6.45, 7) is 2.88. The van der Waals surface area contributed by atoms with Gasteiger partial charge in [0.2, 0.25) is 0 Å². The van der Waals surface area contributed by atoms with E-state index in [4.69, 9.17) is 16.0 Å². The molecule has 4 nitrogen and oxygen atoms in total. The van der Waals surface area contributed by atoms with Gasteiger partial charge in [-0.3, -0.25) is 4.98 Å². The Kier molecular flexibility index (Phi) is 3.65. The molecule has 0 aliphatic rings. The van der Waals surface area contributed by atoms with E-state index in [2.05, 4.69) is 17.2 Å². The summed E-state index contributed by atoms with van der Waals surface area (Å²) in [5.41, 5.74) is 2.32. The molecule has 0 saturated carbocycles. The van der Waals surface area contributed by atoms with E-state index < -0.39 is 5.76 Å². The van der Waals surface area contributed by atoms with Gasteiger partial charge in [-0.25, -0.2) is 4.79 Å². The van der Waals surface area contributed by atoms with Gasteiger partial charge < -0.3 is 9.73 Å². The molecule has 20 heavy (non-hydrogen) atoms. The zero-order valence-corrected chi connectivity index (χ0v) is 12.3. The molecule has 3 rings (SSSR count). The Morgan fingerprint density at radius 2 is 2.25 bits per heavy atom. The van der Waals surface area contributed by atoms with Gasteiger partial charge in [-0.2, -0.15) is 0 Å². The summed E-state index contributed by atoms with van der Waals surface area (Å²) in [4.78, 5) is 15.0. The zero-order valence-electron chi connectivity index (χ0n) is 10.8. The van der Waals surface area contributed by atoms with Crippen LogP contribution in [0.15, 0.2) is 39.5 Å². The molecular weight excluding hydrogens is 296 g/mol. The summed E-state index contributed by atoms with van der Waals surface area (Å²) in [5, 5.41) is 3.42. The Morgan fingerprint density at radius 3 is 2.95 bits per heavy atom. The number of aromatic amines is 1. The molecule has 0 aliphatic heterocycles. The molecule has 0 spiro atoms. The van der Waals surface area contributed by atoms with Crippen LogP contribution in [0.5, 0.6) is 0 Å². The van der Waals surface area contributed by atoms with Gasteiger partial charge in [-0.15, -0.1) is 11.3 Å². The molecule has 104 valence electrons. The Morgan fingerprint density at radius 1 is 1.40 bits per heavy atom. The summed E-state index contributed by atoms with van der Waals surface area (Å²) in [6.07, 6.45) is 0. The lowest BCUT2D eigenvalue weighted by Gasteiger charge is -2.16. The Bertz CT molecular complexity index is 790. The Labute approximate surface area is 124 Å². The average Bonchev–Trinajstić information content (AvgIpc) is 3.00. The van der Waals surface area contributed by atoms with Crippen LogP contribution in [-0.4, -0.2) is 11.5 Å². The summed E-state index contributed by atoms with van der Waals surface area (Å²) in [6, 6.07) is 9.67. The molecule has 2 aromatic heterocycles. The van der Waals surface area contributed by atoms with E-state index in [0.29, 0.717) is 11.1 Å². The van der Waals surface area contributed by atoms with Crippen molar-refractivity contribution >= 4 is 34.0 Å². The molecule has 1 atom stereocenters. The van der Waals surface area contributed by atoms with Crippen LogP contribution in [0.3, 0.4) is 0 Å². The van der Waals surface area contributed by atoms with Crippen molar-refractivity contribution in [2.45, 2.75) is 13.0 Å². The largest absolute Gasteiger partial charge is 0.417 e. The van der Waals surface area contributed by atoms with Crippen molar-refractivity contribution in [1.29, 1.82) is 0 Å². The molecule has 2 N–H and O–H groups in total. The van der Waals surface area contributed by atoms with E-state index in [0.717, 1.165) is 21.3 Å². The highest BCUT2D eigenvalue weighted by molar-refractivity contribution is 7.16. The topological polar surface area (TPSA) is 58.0 Å². The third-order valence-corrected chi connectivity index (χ3v) is 4.36. The quantitative estimate of drug-likeness (QED) is 0.775. The van der Waals surface area contributed by atoms with Gasteiger partial charge in [0.25, 0.3) is 0 Å². The van der Waals surface area contributed by atoms with Crippen LogP contribution in [0.25, 0.3) is 11.1 Å². The monoisotopic (exact) mass is 308 g/mol. The molecule has 2 heterocycles. The molecule has 0 radical (unpaired) electrons. The van der Waals surface area contributed by atoms with Crippen molar-refractivity contribution in [3.05, 3.63) is 55.7 Å². The van der Waals surface area contributed by atoms with Crippen molar-refractivity contribution in [1.82, 2.24) is 10.3 Å². The minimum absolute atomic E-state index is 0.0436. The van der Waals surface area contributed by atoms with E-state index in [1.165, 1.54) is 0 Å². The maximum Gasteiger partial charge on any atom is 0.417 e. The number of hydrogen-bond acceptors (Lipinski definition) is 4. The second kappa shape index (κ2) is 5.44. The van der Waals surface area contributed by atoms with Gasteiger partial charge in [0.05, 0.1) is 15.9 Å². The summed E-state index contributed by atoms with van der Waals surface area (Å²) < 4.78 is 5.88. The van der Waals surface area contributed by atoms with Crippen LogP contribution in [0.1, 0.15) is 23.4 Å². The predicted molar refractivity (Wildman–Crippen MR) is 81.7 cm³/mol. The first-order chi connectivity index (χ1) is 9.67. The summed E-state index contributed by atoms with van der Waals surface area (Å²) >= 11 is 7.56. The highest BCUT2D eigenvalue weighted by atomic mass is 35.5. The van der Waals surface area contributed by atoms with Crippen molar-refractivity contribution in [2.75, 3.05) is 6.54 Å². The maximum absolute atomic E-state index is 11.2. The standard InChI is InChI=1S/C14H13ClN2O2S/c1-2-16-13(11-5-6-12(15)20-11)8-3-4-9-10(7-8)19-14(18)17-9/h3-7,13,16H,2H2,1H3,(H,17,18). The van der Waals surface area contributed by atoms with Crippen LogP contribution < -0.4 is 11.1 Å². The smallest absolute Gasteiger partial charge is 0.408 e. The molecule has 0 amide bonds. The van der Waals surface area contributed by atoms with Crippen LogP contribution >= 0.6 is 22.9 Å². The molecule has 6 heteroatoms. The van der Waals surface area contributed by atoms with Crippen molar-refractivity contribution in [3.8, 4) is 0 Å². The number of fused-ring (bicyclic) bond motifs is 1. The van der Waals surface area contributed by atoms with Crippen LogP contribution in [0, 0.1) is 0 Å². The third kappa shape index (κ3) is 2.52. The highest BCUT2D eigenvalue weighted by Gasteiger charge is 2.16. The fourth-order valence-electron chi connectivity index (χ4n) is 2.21. The van der Waals surface area contributed by atoms with Gasteiger partial charge in [-0.1, -0.05) is 24.6 Å². The SMILES string of the molecule is CCNC(c1ccc2[nH]c(=O)oc2c1)c1ccc(Cl)s1. The molecule has 3 aromatic rings. The molecule has 1 aromatic carbocycles. The average molecular weight is 309 g/mol. The van der Waals surface area contributed by atoms with Gasteiger partial charge in [-0.05, 0) is 36.4 Å². The summed E-state index contributed by atoms with van der Waals surface area (Å²) in [7, 11) is 0. The maximum atomic E-state index is 11.2. The Balaban J connectivity index is 2.06. The van der Waals surface area contributed by atoms with Crippen molar-refractivity contribution < 1.29 is 4.42 Å². The van der Waals surface area contributed by atoms with Crippen LogP contribution in [0.4, 0.5) is 0 Å². The molecule has 0 fully saturated rings. The number of aromatic nitrogens is 1. The molecule has 0 bridgehead atoms. The number of hydrogen-bond donors (Lipinski definition) is 2. The van der Waals surface area contributed by atoms with Gasteiger partial charge >= 0.3 is 5.76 Å². The normalized spacial score (nSPS) is 12.9. The van der Waals surface area contributed by atoms with E-state index in [9.17, 15) is 4.79 Å². The van der Waals surface area contributed by atoms with E-state index in [1.54, 1.807) is 11.3 Å². The van der Waals surface area contributed by atoms with Gasteiger partial charge in [0.15, 0.2) is 5.58 Å².